The Bertz CT molecular complexity index is 286. The maximum Gasteiger partial charge on any atom is 1.00 e. The monoisotopic (exact) mass is 188 g/mol. The van der Waals surface area contributed by atoms with Crippen molar-refractivity contribution in [2.45, 2.75) is 6.92 Å². The van der Waals surface area contributed by atoms with Gasteiger partial charge in [0.05, 0.1) is 12.6 Å². The Kier molecular flexibility index (Phi) is 5.79. The summed E-state index contributed by atoms with van der Waals surface area (Å²) < 4.78 is 5.08. The number of carboxylic acid groups (broad SMARTS) is 1. The van der Waals surface area contributed by atoms with Crippen LogP contribution in [0.3, 0.4) is 0 Å². The van der Waals surface area contributed by atoms with Crippen LogP contribution in [0.4, 0.5) is 0 Å². The summed E-state index contributed by atoms with van der Waals surface area (Å²) in [5.41, 5.74) is 0.0966. The molecule has 0 atom stereocenters. The molecule has 0 unspecified atom stereocenters. The number of ether oxygens (including phenoxy) is 1. The zero-order valence-electron chi connectivity index (χ0n) is 7.74. The summed E-state index contributed by atoms with van der Waals surface area (Å²) in [5.74, 6) is -0.848. The van der Waals surface area contributed by atoms with Gasteiger partial charge in [0, 0.05) is 5.56 Å². The Morgan fingerprint density at radius 1 is 1.46 bits per heavy atom. The molecule has 1 rings (SSSR count). The van der Waals surface area contributed by atoms with E-state index >= 15 is 0 Å². The van der Waals surface area contributed by atoms with Crippen molar-refractivity contribution in [1.29, 1.82) is 0 Å². The van der Waals surface area contributed by atoms with Gasteiger partial charge in [0.2, 0.25) is 0 Å². The van der Waals surface area contributed by atoms with Gasteiger partial charge in [0.1, 0.15) is 5.75 Å². The van der Waals surface area contributed by atoms with E-state index in [1.165, 1.54) is 6.07 Å². The van der Waals surface area contributed by atoms with Crippen molar-refractivity contribution in [2.75, 3.05) is 6.61 Å². The Morgan fingerprint density at radius 2 is 2.08 bits per heavy atom. The van der Waals surface area contributed by atoms with Crippen molar-refractivity contribution in [3.8, 4) is 5.75 Å². The second kappa shape index (κ2) is 6.02. The number of benzene rings is 1. The third-order valence-corrected chi connectivity index (χ3v) is 1.41. The average Bonchev–Trinajstić information content (AvgIpc) is 2.05. The van der Waals surface area contributed by atoms with Crippen LogP contribution in [0.25, 0.3) is 0 Å². The predicted octanol–water partition coefficient (Wildman–Crippen LogP) is -2.55. The number of carbonyl (C=O) groups is 1. The van der Waals surface area contributed by atoms with Crippen LogP contribution in [-0.2, 0) is 0 Å². The molecule has 1 aromatic carbocycles. The maximum absolute atomic E-state index is 10.5. The second-order valence-corrected chi connectivity index (χ2v) is 2.22. The summed E-state index contributed by atoms with van der Waals surface area (Å²) in [6.07, 6.45) is 0. The van der Waals surface area contributed by atoms with E-state index in [0.29, 0.717) is 12.4 Å². The standard InChI is InChI=1S/C9H10O3.Na/c1-2-12-8-6-4-3-5-7(8)9(10)11;/h3-6H,2H2,1H3,(H,10,11);/q;+1/p-1. The van der Waals surface area contributed by atoms with E-state index in [1.807, 2.05) is 0 Å². The summed E-state index contributed by atoms with van der Waals surface area (Å²) in [7, 11) is 0. The first-order chi connectivity index (χ1) is 5.75. The number of rotatable bonds is 3. The maximum atomic E-state index is 10.5. The van der Waals surface area contributed by atoms with Crippen LogP contribution < -0.4 is 39.4 Å². The van der Waals surface area contributed by atoms with Gasteiger partial charge in [0.25, 0.3) is 0 Å². The van der Waals surface area contributed by atoms with E-state index in [2.05, 4.69) is 0 Å². The third-order valence-electron chi connectivity index (χ3n) is 1.41. The van der Waals surface area contributed by atoms with Crippen molar-refractivity contribution in [1.82, 2.24) is 0 Å². The molecule has 3 nitrogen and oxygen atoms in total. The SMILES string of the molecule is CCOc1ccccc1C(=O)[O-].[Na+]. The number of carboxylic acids is 1. The molecule has 0 aliphatic heterocycles. The molecule has 0 fully saturated rings. The molecule has 0 heterocycles. The van der Waals surface area contributed by atoms with E-state index in [0.717, 1.165) is 0 Å². The fourth-order valence-electron chi connectivity index (χ4n) is 0.917. The Hall–Kier alpha value is -0.510. The van der Waals surface area contributed by atoms with Crippen LogP contribution in [0.1, 0.15) is 17.3 Å². The zero-order valence-corrected chi connectivity index (χ0v) is 9.74. The molecular formula is C9H9NaO3. The van der Waals surface area contributed by atoms with Crippen LogP contribution >= 0.6 is 0 Å². The minimum atomic E-state index is -1.21. The van der Waals surface area contributed by atoms with Crippen molar-refractivity contribution in [3.05, 3.63) is 29.8 Å². The second-order valence-electron chi connectivity index (χ2n) is 2.22. The Labute approximate surface area is 99.0 Å². The molecule has 4 heteroatoms. The van der Waals surface area contributed by atoms with E-state index in [-0.39, 0.29) is 35.1 Å². The number of carbonyl (C=O) groups excluding carboxylic acids is 1. The molecule has 0 aliphatic rings. The Morgan fingerprint density at radius 3 is 2.62 bits per heavy atom. The molecule has 0 amide bonds. The molecule has 0 saturated heterocycles. The normalized spacial score (nSPS) is 8.69. The van der Waals surface area contributed by atoms with Crippen LogP contribution in [-0.4, -0.2) is 12.6 Å². The quantitative estimate of drug-likeness (QED) is 0.491. The van der Waals surface area contributed by atoms with Gasteiger partial charge in [-0.25, -0.2) is 0 Å². The van der Waals surface area contributed by atoms with Gasteiger partial charge < -0.3 is 14.6 Å². The van der Waals surface area contributed by atoms with Crippen molar-refractivity contribution in [3.63, 3.8) is 0 Å². The first kappa shape index (κ1) is 12.5. The zero-order chi connectivity index (χ0) is 8.97. The van der Waals surface area contributed by atoms with Gasteiger partial charge in [-0.15, -0.1) is 0 Å². The van der Waals surface area contributed by atoms with Crippen molar-refractivity contribution < 1.29 is 44.2 Å². The van der Waals surface area contributed by atoms with Crippen molar-refractivity contribution in [2.24, 2.45) is 0 Å². The summed E-state index contributed by atoms with van der Waals surface area (Å²) in [4.78, 5) is 10.5. The molecule has 0 aliphatic carbocycles. The van der Waals surface area contributed by atoms with Crippen LogP contribution in [0.5, 0.6) is 5.75 Å². The number of para-hydroxylation sites is 1. The Balaban J connectivity index is 0.00000144. The summed E-state index contributed by atoms with van der Waals surface area (Å²) in [5, 5.41) is 10.5. The molecule has 64 valence electrons. The van der Waals surface area contributed by atoms with E-state index in [9.17, 15) is 9.90 Å². The third kappa shape index (κ3) is 3.38. The predicted molar refractivity (Wildman–Crippen MR) is 41.9 cm³/mol. The fraction of sp³-hybridized carbons (Fsp3) is 0.222. The van der Waals surface area contributed by atoms with Gasteiger partial charge in [-0.2, -0.15) is 0 Å². The van der Waals surface area contributed by atoms with Gasteiger partial charge in [-0.1, -0.05) is 12.1 Å². The summed E-state index contributed by atoms with van der Waals surface area (Å²) in [6, 6.07) is 6.42. The van der Waals surface area contributed by atoms with E-state index in [4.69, 9.17) is 4.74 Å². The molecule has 0 bridgehead atoms. The fourth-order valence-corrected chi connectivity index (χ4v) is 0.917. The molecule has 13 heavy (non-hydrogen) atoms. The molecule has 1 aromatic rings. The average molecular weight is 188 g/mol. The largest absolute Gasteiger partial charge is 1.00 e. The molecular weight excluding hydrogens is 179 g/mol. The smallest absolute Gasteiger partial charge is 0.545 e. The summed E-state index contributed by atoms with van der Waals surface area (Å²) in [6.45, 7) is 2.25. The van der Waals surface area contributed by atoms with Crippen molar-refractivity contribution >= 4 is 5.97 Å². The van der Waals surface area contributed by atoms with Crippen LogP contribution in [0, 0.1) is 0 Å². The topological polar surface area (TPSA) is 49.4 Å². The molecule has 0 spiro atoms. The number of hydrogen-bond acceptors (Lipinski definition) is 3. The van der Waals surface area contributed by atoms with Gasteiger partial charge >= 0.3 is 29.6 Å². The molecule has 0 aromatic heterocycles. The number of hydrogen-bond donors (Lipinski definition) is 0. The molecule has 0 radical (unpaired) electrons. The first-order valence-electron chi connectivity index (χ1n) is 3.69. The van der Waals surface area contributed by atoms with Gasteiger partial charge in [0.15, 0.2) is 0 Å². The molecule has 0 N–H and O–H groups in total. The minimum Gasteiger partial charge on any atom is -0.545 e. The first-order valence-corrected chi connectivity index (χ1v) is 3.69. The summed E-state index contributed by atoms with van der Waals surface area (Å²) >= 11 is 0. The van der Waals surface area contributed by atoms with E-state index in [1.54, 1.807) is 25.1 Å². The number of aromatic carboxylic acids is 1. The van der Waals surface area contributed by atoms with Crippen LogP contribution in [0.15, 0.2) is 24.3 Å². The van der Waals surface area contributed by atoms with Crippen LogP contribution in [0.2, 0.25) is 0 Å². The van der Waals surface area contributed by atoms with E-state index < -0.39 is 5.97 Å². The molecule has 0 saturated carbocycles. The minimum absolute atomic E-state index is 0. The van der Waals surface area contributed by atoms with Gasteiger partial charge in [-0.3, -0.25) is 0 Å². The van der Waals surface area contributed by atoms with Gasteiger partial charge in [-0.05, 0) is 19.1 Å².